The molecule has 0 amide bonds. The van der Waals surface area contributed by atoms with Crippen LogP contribution in [0.4, 0.5) is 0 Å². The van der Waals surface area contributed by atoms with Crippen LogP contribution >= 0.6 is 0 Å². The highest BCUT2D eigenvalue weighted by molar-refractivity contribution is 5.79. The molecule has 0 bridgehead atoms. The van der Waals surface area contributed by atoms with E-state index in [2.05, 4.69) is 4.90 Å². The van der Waals surface area contributed by atoms with Crippen LogP contribution in [-0.2, 0) is 9.53 Å². The summed E-state index contributed by atoms with van der Waals surface area (Å²) in [4.78, 5) is 14.0. The first-order chi connectivity index (χ1) is 8.84. The minimum atomic E-state index is -1.47. The van der Waals surface area contributed by atoms with E-state index in [0.29, 0.717) is 0 Å². The van der Waals surface area contributed by atoms with Crippen LogP contribution < -0.4 is 0 Å². The van der Waals surface area contributed by atoms with Crippen molar-refractivity contribution in [3.8, 4) is 0 Å². The lowest BCUT2D eigenvalue weighted by Gasteiger charge is -2.26. The molecule has 108 valence electrons. The number of aliphatic hydroxyl groups is 2. The quantitative estimate of drug-likeness (QED) is 0.568. The van der Waals surface area contributed by atoms with E-state index in [0.717, 1.165) is 25.1 Å². The predicted molar refractivity (Wildman–Crippen MR) is 70.5 cm³/mol. The molecule has 0 aliphatic carbocycles. The number of fused-ring (bicyclic) bond motifs is 1. The van der Waals surface area contributed by atoms with E-state index in [1.54, 1.807) is 13.8 Å². The summed E-state index contributed by atoms with van der Waals surface area (Å²) in [6.45, 7) is 6.86. The second-order valence-electron chi connectivity index (χ2n) is 5.95. The Kier molecular flexibility index (Phi) is 3.99. The molecule has 0 unspecified atom stereocenters. The summed E-state index contributed by atoms with van der Waals surface area (Å²) in [6, 6.07) is -0.0169. The van der Waals surface area contributed by atoms with Crippen LogP contribution in [0.2, 0.25) is 0 Å². The number of hydrogen-bond acceptors (Lipinski definition) is 5. The molecular weight excluding hydrogens is 246 g/mol. The van der Waals surface area contributed by atoms with Crippen molar-refractivity contribution < 1.29 is 19.7 Å². The number of carbonyl (C=O) groups is 1. The van der Waals surface area contributed by atoms with E-state index in [1.807, 2.05) is 6.08 Å². The summed E-state index contributed by atoms with van der Waals surface area (Å²) >= 11 is 0. The molecule has 19 heavy (non-hydrogen) atoms. The third-order valence-corrected chi connectivity index (χ3v) is 4.35. The fourth-order valence-corrected chi connectivity index (χ4v) is 2.56. The Morgan fingerprint density at radius 1 is 1.63 bits per heavy atom. The molecule has 0 aromatic rings. The van der Waals surface area contributed by atoms with Crippen LogP contribution in [0.1, 0.15) is 27.2 Å². The Morgan fingerprint density at radius 2 is 2.32 bits per heavy atom. The largest absolute Gasteiger partial charge is 0.459 e. The van der Waals surface area contributed by atoms with Crippen molar-refractivity contribution in [3.63, 3.8) is 0 Å². The molecular formula is C14H23NO4. The van der Waals surface area contributed by atoms with Crippen LogP contribution in [0.3, 0.4) is 0 Å². The third kappa shape index (κ3) is 2.68. The molecule has 1 fully saturated rings. The topological polar surface area (TPSA) is 70.0 Å². The summed E-state index contributed by atoms with van der Waals surface area (Å²) < 4.78 is 5.21. The van der Waals surface area contributed by atoms with Crippen molar-refractivity contribution in [2.75, 3.05) is 19.7 Å². The first-order valence-corrected chi connectivity index (χ1v) is 6.84. The molecule has 2 N–H and O–H groups in total. The molecule has 0 radical (unpaired) electrons. The van der Waals surface area contributed by atoms with Gasteiger partial charge in [0, 0.05) is 13.1 Å². The van der Waals surface area contributed by atoms with Gasteiger partial charge in [-0.25, -0.2) is 4.79 Å². The molecule has 2 aliphatic heterocycles. The molecule has 2 aliphatic rings. The Hall–Kier alpha value is -0.910. The molecule has 2 rings (SSSR count). The lowest BCUT2D eigenvalue weighted by atomic mass is 9.93. The van der Waals surface area contributed by atoms with Crippen molar-refractivity contribution >= 4 is 5.97 Å². The Balaban J connectivity index is 1.91. The molecule has 5 heteroatoms. The van der Waals surface area contributed by atoms with Crippen LogP contribution in [0.5, 0.6) is 0 Å². The van der Waals surface area contributed by atoms with Gasteiger partial charge in [-0.2, -0.15) is 0 Å². The average Bonchev–Trinajstić information content (AvgIpc) is 2.90. The van der Waals surface area contributed by atoms with Crippen LogP contribution in [0, 0.1) is 5.92 Å². The van der Waals surface area contributed by atoms with Gasteiger partial charge in [-0.15, -0.1) is 0 Å². The van der Waals surface area contributed by atoms with E-state index in [9.17, 15) is 15.0 Å². The number of aliphatic hydroxyl groups excluding tert-OH is 1. The van der Waals surface area contributed by atoms with Crippen LogP contribution in [0.25, 0.3) is 0 Å². The molecule has 5 nitrogen and oxygen atoms in total. The fourth-order valence-electron chi connectivity index (χ4n) is 2.56. The highest BCUT2D eigenvalue weighted by atomic mass is 16.5. The van der Waals surface area contributed by atoms with Gasteiger partial charge in [0.15, 0.2) is 5.60 Å². The molecule has 0 spiro atoms. The van der Waals surface area contributed by atoms with E-state index in [1.165, 1.54) is 6.92 Å². The predicted octanol–water partition coefficient (Wildman–Crippen LogP) is 0.312. The molecule has 3 atom stereocenters. The van der Waals surface area contributed by atoms with E-state index >= 15 is 0 Å². The zero-order valence-electron chi connectivity index (χ0n) is 11.8. The number of carbonyl (C=O) groups excluding carboxylic acids is 1. The number of hydrogen-bond donors (Lipinski definition) is 2. The molecule has 0 aromatic carbocycles. The van der Waals surface area contributed by atoms with Gasteiger partial charge in [0.1, 0.15) is 6.61 Å². The van der Waals surface area contributed by atoms with Crippen molar-refractivity contribution in [2.45, 2.75) is 44.9 Å². The van der Waals surface area contributed by atoms with E-state index < -0.39 is 11.6 Å². The monoisotopic (exact) mass is 269 g/mol. The number of ether oxygens (including phenoxy) is 1. The molecule has 1 saturated heterocycles. The average molecular weight is 269 g/mol. The normalized spacial score (nSPS) is 30.1. The lowest BCUT2D eigenvalue weighted by Crippen LogP contribution is -2.42. The zero-order chi connectivity index (χ0) is 14.2. The Morgan fingerprint density at radius 3 is 2.95 bits per heavy atom. The van der Waals surface area contributed by atoms with E-state index in [4.69, 9.17) is 4.74 Å². The first-order valence-electron chi connectivity index (χ1n) is 6.84. The minimum absolute atomic E-state index is 0.0169. The van der Waals surface area contributed by atoms with Crippen molar-refractivity contribution in [1.82, 2.24) is 4.90 Å². The van der Waals surface area contributed by atoms with Gasteiger partial charge in [0.2, 0.25) is 0 Å². The SMILES string of the molecule is CC(C)[C@](C)(O)C(=O)OCC1=CCN2CC[C@@H](O)[C@@H]12. The minimum Gasteiger partial charge on any atom is -0.459 e. The second-order valence-corrected chi connectivity index (χ2v) is 5.95. The van der Waals surface area contributed by atoms with E-state index in [-0.39, 0.29) is 24.7 Å². The maximum Gasteiger partial charge on any atom is 0.338 e. The standard InChI is InChI=1S/C14H23NO4/c1-9(2)14(3,18)13(17)19-8-10-4-6-15-7-5-11(16)12(10)15/h4,9,11-12,16,18H,5-8H2,1-3H3/t11-,12-,14+/m1/s1. The van der Waals surface area contributed by atoms with Gasteiger partial charge >= 0.3 is 5.97 Å². The summed E-state index contributed by atoms with van der Waals surface area (Å²) in [5, 5.41) is 19.9. The third-order valence-electron chi connectivity index (χ3n) is 4.35. The van der Waals surface area contributed by atoms with Gasteiger partial charge in [-0.1, -0.05) is 19.9 Å². The van der Waals surface area contributed by atoms with Gasteiger partial charge in [-0.3, -0.25) is 4.90 Å². The zero-order valence-corrected chi connectivity index (χ0v) is 11.8. The highest BCUT2D eigenvalue weighted by Gasteiger charge is 2.40. The second kappa shape index (κ2) is 5.23. The van der Waals surface area contributed by atoms with Crippen molar-refractivity contribution in [3.05, 3.63) is 11.6 Å². The van der Waals surface area contributed by atoms with Crippen LogP contribution in [0.15, 0.2) is 11.6 Å². The van der Waals surface area contributed by atoms with Crippen molar-refractivity contribution in [1.29, 1.82) is 0 Å². The van der Waals surface area contributed by atoms with Crippen LogP contribution in [-0.4, -0.2) is 58.5 Å². The summed E-state index contributed by atoms with van der Waals surface area (Å²) in [6.07, 6.45) is 2.39. The van der Waals surface area contributed by atoms with Gasteiger partial charge < -0.3 is 14.9 Å². The first kappa shape index (κ1) is 14.5. The Bertz CT molecular complexity index is 389. The lowest BCUT2D eigenvalue weighted by molar-refractivity contribution is -0.167. The smallest absolute Gasteiger partial charge is 0.338 e. The Labute approximate surface area is 113 Å². The number of esters is 1. The highest BCUT2D eigenvalue weighted by Crippen LogP contribution is 2.29. The maximum absolute atomic E-state index is 11.9. The molecule has 0 saturated carbocycles. The number of nitrogens with zero attached hydrogens (tertiary/aromatic N) is 1. The fraction of sp³-hybridized carbons (Fsp3) is 0.786. The van der Waals surface area contributed by atoms with Crippen molar-refractivity contribution in [2.24, 2.45) is 5.92 Å². The molecule has 2 heterocycles. The van der Waals surface area contributed by atoms with Gasteiger partial charge in [0.25, 0.3) is 0 Å². The van der Waals surface area contributed by atoms with Gasteiger partial charge in [0.05, 0.1) is 12.1 Å². The maximum atomic E-state index is 11.9. The summed E-state index contributed by atoms with van der Waals surface area (Å²) in [5.74, 6) is -0.805. The number of rotatable bonds is 4. The summed E-state index contributed by atoms with van der Waals surface area (Å²) in [7, 11) is 0. The van der Waals surface area contributed by atoms with Gasteiger partial charge in [-0.05, 0) is 24.8 Å². The summed E-state index contributed by atoms with van der Waals surface area (Å²) in [5.41, 5.74) is -0.523. The molecule has 0 aromatic heterocycles.